The number of non-ortho nitro benzene ring substituents is 1. The summed E-state index contributed by atoms with van der Waals surface area (Å²) in [5, 5.41) is 11.5. The van der Waals surface area contributed by atoms with Crippen molar-refractivity contribution < 1.29 is 14.5 Å². The maximum atomic E-state index is 11.4. The zero-order valence-electron chi connectivity index (χ0n) is 9.60. The van der Waals surface area contributed by atoms with Crippen molar-refractivity contribution in [3.8, 4) is 11.8 Å². The molecule has 0 N–H and O–H groups in total. The van der Waals surface area contributed by atoms with Crippen molar-refractivity contribution in [2.24, 2.45) is 0 Å². The quantitative estimate of drug-likeness (QED) is 0.283. The summed E-state index contributed by atoms with van der Waals surface area (Å²) < 4.78 is 4.53. The molecule has 94 valence electrons. The van der Waals surface area contributed by atoms with Gasteiger partial charge in [0.15, 0.2) is 0 Å². The third-order valence-electron chi connectivity index (χ3n) is 2.00. The van der Waals surface area contributed by atoms with Crippen LogP contribution in [0, 0.1) is 22.0 Å². The van der Waals surface area contributed by atoms with E-state index in [0.717, 1.165) is 5.33 Å². The number of carbonyl (C=O) groups is 1. The van der Waals surface area contributed by atoms with Gasteiger partial charge < -0.3 is 4.74 Å². The number of esters is 1. The molecule has 0 heterocycles. The zero-order valence-corrected chi connectivity index (χ0v) is 11.2. The summed E-state index contributed by atoms with van der Waals surface area (Å²) in [5.41, 5.74) is 0.362. The van der Waals surface area contributed by atoms with Gasteiger partial charge >= 0.3 is 5.97 Å². The van der Waals surface area contributed by atoms with Crippen LogP contribution in [-0.2, 0) is 4.74 Å². The van der Waals surface area contributed by atoms with Crippen molar-refractivity contribution in [3.05, 3.63) is 39.4 Å². The van der Waals surface area contributed by atoms with Crippen LogP contribution in [0.15, 0.2) is 18.2 Å². The Bertz CT molecular complexity index is 531. The summed E-state index contributed by atoms with van der Waals surface area (Å²) in [4.78, 5) is 21.5. The van der Waals surface area contributed by atoms with Crippen molar-refractivity contribution in [1.82, 2.24) is 0 Å². The first-order valence-electron chi connectivity index (χ1n) is 5.01. The second kappa shape index (κ2) is 6.77. The minimum absolute atomic E-state index is 0.120. The normalized spacial score (nSPS) is 9.22. The van der Waals surface area contributed by atoms with Crippen molar-refractivity contribution in [2.45, 2.75) is 6.42 Å². The third-order valence-corrected chi connectivity index (χ3v) is 2.40. The molecular formula is C12H10BrNO4. The van der Waals surface area contributed by atoms with Crippen molar-refractivity contribution in [1.29, 1.82) is 0 Å². The second-order valence-corrected chi connectivity index (χ2v) is 4.05. The van der Waals surface area contributed by atoms with E-state index in [1.807, 2.05) is 0 Å². The molecule has 1 aromatic rings. The van der Waals surface area contributed by atoms with E-state index in [2.05, 4.69) is 32.5 Å². The Balaban J connectivity index is 3.19. The van der Waals surface area contributed by atoms with Gasteiger partial charge in [-0.1, -0.05) is 27.8 Å². The molecule has 1 rings (SSSR count). The lowest BCUT2D eigenvalue weighted by atomic mass is 10.1. The summed E-state index contributed by atoms with van der Waals surface area (Å²) in [6.45, 7) is 0. The SMILES string of the molecule is COC(=O)c1cc(C#CCCBr)cc([N+](=O)[O-])c1. The molecule has 0 saturated carbocycles. The molecule has 0 aromatic heterocycles. The Morgan fingerprint density at radius 1 is 1.50 bits per heavy atom. The molecule has 0 radical (unpaired) electrons. The lowest BCUT2D eigenvalue weighted by Crippen LogP contribution is -2.03. The standard InChI is InChI=1S/C12H10BrNO4/c1-18-12(15)10-6-9(4-2-3-5-13)7-11(8-10)14(16)17/h6-8H,3,5H2,1H3. The summed E-state index contributed by atoms with van der Waals surface area (Å²) in [7, 11) is 1.22. The molecule has 0 fully saturated rings. The van der Waals surface area contributed by atoms with Gasteiger partial charge in [-0.3, -0.25) is 10.1 Å². The van der Waals surface area contributed by atoms with Gasteiger partial charge in [0.25, 0.3) is 5.69 Å². The Labute approximate surface area is 112 Å². The van der Waals surface area contributed by atoms with Gasteiger partial charge in [0.2, 0.25) is 0 Å². The van der Waals surface area contributed by atoms with E-state index in [1.54, 1.807) is 0 Å². The van der Waals surface area contributed by atoms with Gasteiger partial charge in [0.05, 0.1) is 17.6 Å². The number of nitro benzene ring substituents is 1. The highest BCUT2D eigenvalue weighted by molar-refractivity contribution is 9.09. The summed E-state index contributed by atoms with van der Waals surface area (Å²) in [6.07, 6.45) is 0.621. The van der Waals surface area contributed by atoms with Gasteiger partial charge in [0, 0.05) is 29.4 Å². The largest absolute Gasteiger partial charge is 0.465 e. The number of hydrogen-bond donors (Lipinski definition) is 0. The number of benzene rings is 1. The van der Waals surface area contributed by atoms with Gasteiger partial charge in [-0.2, -0.15) is 0 Å². The fraction of sp³-hybridized carbons (Fsp3) is 0.250. The first-order valence-corrected chi connectivity index (χ1v) is 6.13. The number of rotatable bonds is 3. The number of methoxy groups -OCH3 is 1. The Morgan fingerprint density at radius 3 is 2.78 bits per heavy atom. The van der Waals surface area contributed by atoms with E-state index >= 15 is 0 Å². The van der Waals surface area contributed by atoms with Crippen LogP contribution in [0.5, 0.6) is 0 Å². The van der Waals surface area contributed by atoms with E-state index < -0.39 is 10.9 Å². The molecular weight excluding hydrogens is 302 g/mol. The number of ether oxygens (including phenoxy) is 1. The third kappa shape index (κ3) is 3.86. The summed E-state index contributed by atoms with van der Waals surface area (Å²) in [5.74, 6) is 4.98. The Kier molecular flexibility index (Phi) is 5.33. The van der Waals surface area contributed by atoms with Crippen LogP contribution < -0.4 is 0 Å². The fourth-order valence-corrected chi connectivity index (χ4v) is 1.43. The molecule has 0 unspecified atom stereocenters. The molecule has 0 spiro atoms. The number of nitrogens with zero attached hydrogens (tertiary/aromatic N) is 1. The molecule has 18 heavy (non-hydrogen) atoms. The van der Waals surface area contributed by atoms with E-state index in [1.165, 1.54) is 25.3 Å². The first kappa shape index (κ1) is 14.2. The molecule has 0 saturated heterocycles. The number of halogens is 1. The molecule has 0 bridgehead atoms. The molecule has 6 heteroatoms. The summed E-state index contributed by atoms with van der Waals surface area (Å²) >= 11 is 3.22. The highest BCUT2D eigenvalue weighted by atomic mass is 79.9. The van der Waals surface area contributed by atoms with Crippen LogP contribution in [0.1, 0.15) is 22.3 Å². The minimum atomic E-state index is -0.623. The maximum absolute atomic E-state index is 11.4. The highest BCUT2D eigenvalue weighted by Crippen LogP contribution is 2.17. The molecule has 0 aliphatic rings. The maximum Gasteiger partial charge on any atom is 0.338 e. The number of nitro groups is 1. The van der Waals surface area contributed by atoms with Gasteiger partial charge in [-0.05, 0) is 6.07 Å². The van der Waals surface area contributed by atoms with E-state index in [0.29, 0.717) is 12.0 Å². The van der Waals surface area contributed by atoms with Crippen molar-refractivity contribution in [2.75, 3.05) is 12.4 Å². The van der Waals surface area contributed by atoms with Gasteiger partial charge in [-0.15, -0.1) is 0 Å². The van der Waals surface area contributed by atoms with Gasteiger partial charge in [-0.25, -0.2) is 4.79 Å². The predicted octanol–water partition coefficient (Wildman–Crippen LogP) is 2.52. The van der Waals surface area contributed by atoms with E-state index in [-0.39, 0.29) is 11.3 Å². The molecule has 5 nitrogen and oxygen atoms in total. The van der Waals surface area contributed by atoms with Crippen molar-refractivity contribution in [3.63, 3.8) is 0 Å². The zero-order chi connectivity index (χ0) is 13.5. The Hall–Kier alpha value is -1.87. The summed E-state index contributed by atoms with van der Waals surface area (Å²) in [6, 6.07) is 3.97. The first-order chi connectivity index (χ1) is 8.58. The highest BCUT2D eigenvalue weighted by Gasteiger charge is 2.14. The average molecular weight is 312 g/mol. The number of carbonyl (C=O) groups excluding carboxylic acids is 1. The van der Waals surface area contributed by atoms with Crippen LogP contribution in [0.2, 0.25) is 0 Å². The molecule has 0 aliphatic carbocycles. The topological polar surface area (TPSA) is 69.4 Å². The van der Waals surface area contributed by atoms with Crippen LogP contribution in [-0.4, -0.2) is 23.3 Å². The van der Waals surface area contributed by atoms with E-state index in [4.69, 9.17) is 0 Å². The van der Waals surface area contributed by atoms with Crippen LogP contribution in [0.3, 0.4) is 0 Å². The van der Waals surface area contributed by atoms with E-state index in [9.17, 15) is 14.9 Å². The fourth-order valence-electron chi connectivity index (χ4n) is 1.24. The van der Waals surface area contributed by atoms with Crippen molar-refractivity contribution >= 4 is 27.6 Å². The monoisotopic (exact) mass is 311 g/mol. The predicted molar refractivity (Wildman–Crippen MR) is 69.7 cm³/mol. The smallest absolute Gasteiger partial charge is 0.338 e. The average Bonchev–Trinajstić information content (AvgIpc) is 2.37. The lowest BCUT2D eigenvalue weighted by Gasteiger charge is -2.00. The van der Waals surface area contributed by atoms with Crippen LogP contribution in [0.25, 0.3) is 0 Å². The van der Waals surface area contributed by atoms with Crippen LogP contribution >= 0.6 is 15.9 Å². The van der Waals surface area contributed by atoms with Gasteiger partial charge in [0.1, 0.15) is 0 Å². The molecule has 0 atom stereocenters. The minimum Gasteiger partial charge on any atom is -0.465 e. The molecule has 0 aliphatic heterocycles. The number of hydrogen-bond acceptors (Lipinski definition) is 4. The number of alkyl halides is 1. The van der Waals surface area contributed by atoms with Crippen LogP contribution in [0.4, 0.5) is 5.69 Å². The second-order valence-electron chi connectivity index (χ2n) is 3.26. The molecule has 1 aromatic carbocycles. The molecule has 0 amide bonds. The Morgan fingerprint density at radius 2 is 2.22 bits per heavy atom. The lowest BCUT2D eigenvalue weighted by molar-refractivity contribution is -0.384.